The number of nitrogens with two attached hydrogens (primary N) is 1. The number of anilines is 1. The van der Waals surface area contributed by atoms with E-state index in [1.165, 1.54) is 0 Å². The SMILES string of the molecule is Nc1nc2c(cc(Cl)c3ccccc32)o1. The summed E-state index contributed by atoms with van der Waals surface area (Å²) in [7, 11) is 0. The molecule has 0 bridgehead atoms. The third-order valence-electron chi connectivity index (χ3n) is 2.37. The minimum Gasteiger partial charge on any atom is -0.424 e. The second kappa shape index (κ2) is 2.87. The highest BCUT2D eigenvalue weighted by molar-refractivity contribution is 6.37. The molecule has 2 N–H and O–H groups in total. The monoisotopic (exact) mass is 218 g/mol. The highest BCUT2D eigenvalue weighted by Gasteiger charge is 2.09. The quantitative estimate of drug-likeness (QED) is 0.630. The largest absolute Gasteiger partial charge is 0.424 e. The summed E-state index contributed by atoms with van der Waals surface area (Å²) in [6.45, 7) is 0. The molecule has 1 heterocycles. The molecule has 0 unspecified atom stereocenters. The molecular weight excluding hydrogens is 212 g/mol. The Morgan fingerprint density at radius 1 is 1.20 bits per heavy atom. The third kappa shape index (κ3) is 1.17. The van der Waals surface area contributed by atoms with Crippen molar-refractivity contribution in [2.45, 2.75) is 0 Å². The molecule has 4 heteroatoms. The Kier molecular flexibility index (Phi) is 1.64. The molecule has 0 radical (unpaired) electrons. The van der Waals surface area contributed by atoms with Crippen molar-refractivity contribution in [2.24, 2.45) is 0 Å². The molecule has 15 heavy (non-hydrogen) atoms. The number of hydrogen-bond acceptors (Lipinski definition) is 3. The van der Waals surface area contributed by atoms with Gasteiger partial charge < -0.3 is 10.2 Å². The number of nitrogen functional groups attached to an aromatic ring is 1. The number of oxazole rings is 1. The summed E-state index contributed by atoms with van der Waals surface area (Å²) >= 11 is 6.12. The molecule has 1 aromatic heterocycles. The smallest absolute Gasteiger partial charge is 0.293 e. The van der Waals surface area contributed by atoms with Crippen LogP contribution >= 0.6 is 11.6 Å². The number of aromatic nitrogens is 1. The number of nitrogens with zero attached hydrogens (tertiary/aromatic N) is 1. The van der Waals surface area contributed by atoms with Crippen LogP contribution in [0.2, 0.25) is 5.02 Å². The highest BCUT2D eigenvalue weighted by Crippen LogP contribution is 2.31. The summed E-state index contributed by atoms with van der Waals surface area (Å²) in [5, 5.41) is 2.56. The lowest BCUT2D eigenvalue weighted by Gasteiger charge is -1.99. The minimum absolute atomic E-state index is 0.164. The van der Waals surface area contributed by atoms with Gasteiger partial charge in [0.15, 0.2) is 5.58 Å². The molecular formula is C11H7ClN2O. The Labute approximate surface area is 90.5 Å². The summed E-state index contributed by atoms with van der Waals surface area (Å²) in [5.41, 5.74) is 6.89. The maximum Gasteiger partial charge on any atom is 0.293 e. The molecule has 0 saturated heterocycles. The second-order valence-electron chi connectivity index (χ2n) is 3.30. The van der Waals surface area contributed by atoms with E-state index in [9.17, 15) is 0 Å². The summed E-state index contributed by atoms with van der Waals surface area (Å²) in [6, 6.07) is 9.67. The van der Waals surface area contributed by atoms with Crippen LogP contribution in [0.4, 0.5) is 6.01 Å². The van der Waals surface area contributed by atoms with Crippen LogP contribution in [0.5, 0.6) is 0 Å². The molecule has 0 amide bonds. The summed E-state index contributed by atoms with van der Waals surface area (Å²) in [5.74, 6) is 0. The first kappa shape index (κ1) is 8.56. The van der Waals surface area contributed by atoms with E-state index in [-0.39, 0.29) is 6.01 Å². The molecule has 0 fully saturated rings. The third-order valence-corrected chi connectivity index (χ3v) is 2.68. The van der Waals surface area contributed by atoms with Gasteiger partial charge in [-0.2, -0.15) is 4.98 Å². The van der Waals surface area contributed by atoms with E-state index in [1.807, 2.05) is 24.3 Å². The van der Waals surface area contributed by atoms with Gasteiger partial charge in [-0.15, -0.1) is 0 Å². The van der Waals surface area contributed by atoms with Crippen molar-refractivity contribution in [1.29, 1.82) is 0 Å². The van der Waals surface area contributed by atoms with E-state index in [1.54, 1.807) is 6.07 Å². The van der Waals surface area contributed by atoms with Gasteiger partial charge in [0.1, 0.15) is 5.52 Å². The van der Waals surface area contributed by atoms with Crippen molar-refractivity contribution in [3.63, 3.8) is 0 Å². The van der Waals surface area contributed by atoms with Crippen LogP contribution < -0.4 is 5.73 Å². The van der Waals surface area contributed by atoms with E-state index < -0.39 is 0 Å². The molecule has 0 aliphatic carbocycles. The minimum atomic E-state index is 0.164. The second-order valence-corrected chi connectivity index (χ2v) is 3.71. The number of fused-ring (bicyclic) bond motifs is 3. The Morgan fingerprint density at radius 3 is 2.73 bits per heavy atom. The standard InChI is InChI=1S/C11H7ClN2O/c12-8-5-9-10(14-11(13)15-9)7-4-2-1-3-6(7)8/h1-5H,(H2,13,14). The lowest BCUT2D eigenvalue weighted by molar-refractivity contribution is 0.626. The van der Waals surface area contributed by atoms with Crippen molar-refractivity contribution >= 4 is 39.5 Å². The highest BCUT2D eigenvalue weighted by atomic mass is 35.5. The van der Waals surface area contributed by atoms with E-state index >= 15 is 0 Å². The summed E-state index contributed by atoms with van der Waals surface area (Å²) in [4.78, 5) is 4.13. The average molecular weight is 219 g/mol. The Bertz CT molecular complexity index is 660. The zero-order valence-electron chi connectivity index (χ0n) is 7.70. The predicted molar refractivity (Wildman–Crippen MR) is 60.9 cm³/mol. The van der Waals surface area contributed by atoms with Crippen molar-refractivity contribution in [3.8, 4) is 0 Å². The van der Waals surface area contributed by atoms with Crippen LogP contribution in [0.15, 0.2) is 34.7 Å². The molecule has 3 aromatic rings. The van der Waals surface area contributed by atoms with Crippen LogP contribution in [0.1, 0.15) is 0 Å². The van der Waals surface area contributed by atoms with Gasteiger partial charge in [0.05, 0.1) is 5.02 Å². The topological polar surface area (TPSA) is 52.0 Å². The van der Waals surface area contributed by atoms with Crippen molar-refractivity contribution in [2.75, 3.05) is 5.73 Å². The van der Waals surface area contributed by atoms with Gasteiger partial charge in [-0.25, -0.2) is 0 Å². The average Bonchev–Trinajstić information content (AvgIpc) is 2.59. The van der Waals surface area contributed by atoms with E-state index in [2.05, 4.69) is 4.98 Å². The van der Waals surface area contributed by atoms with Gasteiger partial charge in [-0.3, -0.25) is 0 Å². The maximum atomic E-state index is 6.12. The normalized spacial score (nSPS) is 11.3. The van der Waals surface area contributed by atoms with E-state index in [0.29, 0.717) is 10.6 Å². The van der Waals surface area contributed by atoms with Crippen LogP contribution in [0.3, 0.4) is 0 Å². The first-order valence-corrected chi connectivity index (χ1v) is 4.87. The zero-order chi connectivity index (χ0) is 10.4. The van der Waals surface area contributed by atoms with Gasteiger partial charge in [0.25, 0.3) is 6.01 Å². The number of benzene rings is 2. The Balaban J connectivity index is 2.62. The lowest BCUT2D eigenvalue weighted by Crippen LogP contribution is -1.81. The molecule has 0 atom stereocenters. The van der Waals surface area contributed by atoms with Gasteiger partial charge in [-0.05, 0) is 0 Å². The first-order chi connectivity index (χ1) is 7.25. The fourth-order valence-corrected chi connectivity index (χ4v) is 1.99. The molecule has 0 spiro atoms. The van der Waals surface area contributed by atoms with Crippen LogP contribution in [0, 0.1) is 0 Å². The molecule has 2 aromatic carbocycles. The molecule has 3 nitrogen and oxygen atoms in total. The van der Waals surface area contributed by atoms with Crippen molar-refractivity contribution < 1.29 is 4.42 Å². The van der Waals surface area contributed by atoms with Crippen LogP contribution in [0.25, 0.3) is 21.9 Å². The predicted octanol–water partition coefficient (Wildman–Crippen LogP) is 3.22. The van der Waals surface area contributed by atoms with E-state index in [0.717, 1.165) is 16.3 Å². The number of halogens is 1. The fourth-order valence-electron chi connectivity index (χ4n) is 1.73. The maximum absolute atomic E-state index is 6.12. The summed E-state index contributed by atoms with van der Waals surface area (Å²) < 4.78 is 5.24. The van der Waals surface area contributed by atoms with Gasteiger partial charge in [0.2, 0.25) is 0 Å². The van der Waals surface area contributed by atoms with Crippen molar-refractivity contribution in [3.05, 3.63) is 35.4 Å². The molecule has 0 aliphatic rings. The van der Waals surface area contributed by atoms with Crippen molar-refractivity contribution in [1.82, 2.24) is 4.98 Å². The lowest BCUT2D eigenvalue weighted by atomic mass is 10.1. The molecule has 0 aliphatic heterocycles. The fraction of sp³-hybridized carbons (Fsp3) is 0. The van der Waals surface area contributed by atoms with Gasteiger partial charge in [-0.1, -0.05) is 35.9 Å². The van der Waals surface area contributed by atoms with Gasteiger partial charge >= 0.3 is 0 Å². The number of rotatable bonds is 0. The Morgan fingerprint density at radius 2 is 1.93 bits per heavy atom. The Hall–Kier alpha value is -1.74. The number of hydrogen-bond donors (Lipinski definition) is 1. The molecule has 74 valence electrons. The molecule has 0 saturated carbocycles. The van der Waals surface area contributed by atoms with E-state index in [4.69, 9.17) is 21.8 Å². The summed E-state index contributed by atoms with van der Waals surface area (Å²) in [6.07, 6.45) is 0. The van der Waals surface area contributed by atoms with Crippen LogP contribution in [-0.2, 0) is 0 Å². The van der Waals surface area contributed by atoms with Gasteiger partial charge in [0, 0.05) is 16.8 Å². The first-order valence-electron chi connectivity index (χ1n) is 4.49. The molecule has 3 rings (SSSR count). The van der Waals surface area contributed by atoms with Crippen LogP contribution in [-0.4, -0.2) is 4.98 Å². The zero-order valence-corrected chi connectivity index (χ0v) is 8.45.